The van der Waals surface area contributed by atoms with Gasteiger partial charge in [0.25, 0.3) is 0 Å². The maximum absolute atomic E-state index is 12.4. The number of ether oxygens (including phenoxy) is 1. The standard InChI is InChI=1S/C15H19F2N3O3/c1-2-10(13(18)21)19-15(22)20-11-7-9(11)8-5-3-4-6-12(8)23-14(16)17/h3-6,9-11,14H,2,7H2,1H3,(H2,18,21)(H2,19,20,22)/t9-,10-,11+/m1/s1. The Morgan fingerprint density at radius 2 is 2.09 bits per heavy atom. The van der Waals surface area contributed by atoms with E-state index in [4.69, 9.17) is 5.73 Å². The Kier molecular flexibility index (Phi) is 5.36. The number of nitrogens with one attached hydrogen (secondary N) is 2. The molecule has 0 heterocycles. The molecule has 0 saturated heterocycles. The molecule has 0 aliphatic heterocycles. The Bertz CT molecular complexity index is 583. The summed E-state index contributed by atoms with van der Waals surface area (Å²) in [5, 5.41) is 5.18. The number of alkyl halides is 2. The van der Waals surface area contributed by atoms with E-state index in [0.717, 1.165) is 0 Å². The second kappa shape index (κ2) is 7.26. The first-order valence-corrected chi connectivity index (χ1v) is 7.32. The molecule has 23 heavy (non-hydrogen) atoms. The fourth-order valence-electron chi connectivity index (χ4n) is 2.43. The largest absolute Gasteiger partial charge is 0.435 e. The summed E-state index contributed by atoms with van der Waals surface area (Å²) >= 11 is 0. The van der Waals surface area contributed by atoms with Crippen molar-refractivity contribution >= 4 is 11.9 Å². The molecule has 126 valence electrons. The van der Waals surface area contributed by atoms with Gasteiger partial charge in [0.15, 0.2) is 0 Å². The van der Waals surface area contributed by atoms with Crippen LogP contribution in [0.15, 0.2) is 24.3 Å². The van der Waals surface area contributed by atoms with Gasteiger partial charge in [-0.25, -0.2) is 4.79 Å². The molecular formula is C15H19F2N3O3. The molecule has 1 aliphatic carbocycles. The Morgan fingerprint density at radius 3 is 2.70 bits per heavy atom. The molecule has 0 radical (unpaired) electrons. The number of para-hydroxylation sites is 1. The second-order valence-electron chi connectivity index (χ2n) is 5.35. The van der Waals surface area contributed by atoms with Gasteiger partial charge in [0, 0.05) is 12.0 Å². The highest BCUT2D eigenvalue weighted by atomic mass is 19.3. The van der Waals surface area contributed by atoms with E-state index in [2.05, 4.69) is 15.4 Å². The zero-order chi connectivity index (χ0) is 17.0. The van der Waals surface area contributed by atoms with Crippen molar-refractivity contribution in [2.75, 3.05) is 0 Å². The quantitative estimate of drug-likeness (QED) is 0.711. The Hall–Kier alpha value is -2.38. The summed E-state index contributed by atoms with van der Waals surface area (Å²) in [4.78, 5) is 22.9. The van der Waals surface area contributed by atoms with Crippen LogP contribution in [0.2, 0.25) is 0 Å². The number of rotatable bonds is 7. The molecule has 6 nitrogen and oxygen atoms in total. The fourth-order valence-corrected chi connectivity index (χ4v) is 2.43. The number of halogens is 2. The molecule has 8 heteroatoms. The number of urea groups is 1. The van der Waals surface area contributed by atoms with Crippen LogP contribution in [0.5, 0.6) is 5.75 Å². The normalized spacial score (nSPS) is 20.7. The topological polar surface area (TPSA) is 93.4 Å². The van der Waals surface area contributed by atoms with Gasteiger partial charge in [-0.2, -0.15) is 8.78 Å². The molecule has 3 atom stereocenters. The number of amides is 3. The Labute approximate surface area is 132 Å². The van der Waals surface area contributed by atoms with Crippen molar-refractivity contribution < 1.29 is 23.1 Å². The monoisotopic (exact) mass is 327 g/mol. The van der Waals surface area contributed by atoms with Gasteiger partial charge in [0.2, 0.25) is 5.91 Å². The predicted octanol–water partition coefficient (Wildman–Crippen LogP) is 1.71. The first-order valence-electron chi connectivity index (χ1n) is 7.32. The lowest BCUT2D eigenvalue weighted by Gasteiger charge is -2.14. The van der Waals surface area contributed by atoms with Crippen LogP contribution < -0.4 is 21.1 Å². The third kappa shape index (κ3) is 4.54. The molecular weight excluding hydrogens is 308 g/mol. The summed E-state index contributed by atoms with van der Waals surface area (Å²) in [6.07, 6.45) is 1.01. The predicted molar refractivity (Wildman–Crippen MR) is 79.2 cm³/mol. The van der Waals surface area contributed by atoms with Crippen molar-refractivity contribution in [1.29, 1.82) is 0 Å². The van der Waals surface area contributed by atoms with Crippen molar-refractivity contribution in [3.8, 4) is 5.75 Å². The zero-order valence-electron chi connectivity index (χ0n) is 12.6. The van der Waals surface area contributed by atoms with Gasteiger partial charge in [-0.3, -0.25) is 4.79 Å². The SMILES string of the molecule is CC[C@@H](NC(=O)N[C@H]1C[C@@H]1c1ccccc1OC(F)F)C(N)=O. The van der Waals surface area contributed by atoms with Gasteiger partial charge < -0.3 is 21.1 Å². The lowest BCUT2D eigenvalue weighted by molar-refractivity contribution is -0.119. The van der Waals surface area contributed by atoms with Crippen LogP contribution in [0, 0.1) is 0 Å². The highest BCUT2D eigenvalue weighted by Crippen LogP contribution is 2.44. The minimum atomic E-state index is -2.90. The molecule has 4 N–H and O–H groups in total. The summed E-state index contributed by atoms with van der Waals surface area (Å²) in [5.41, 5.74) is 5.78. The Morgan fingerprint density at radius 1 is 1.39 bits per heavy atom. The van der Waals surface area contributed by atoms with Gasteiger partial charge in [-0.1, -0.05) is 25.1 Å². The molecule has 1 saturated carbocycles. The number of benzene rings is 1. The van der Waals surface area contributed by atoms with E-state index in [0.29, 0.717) is 18.4 Å². The molecule has 1 fully saturated rings. The average Bonchev–Trinajstić information content (AvgIpc) is 3.23. The van der Waals surface area contributed by atoms with E-state index < -0.39 is 24.6 Å². The van der Waals surface area contributed by atoms with E-state index in [-0.39, 0.29) is 17.7 Å². The third-order valence-electron chi connectivity index (χ3n) is 3.70. The van der Waals surface area contributed by atoms with Gasteiger partial charge in [0.1, 0.15) is 11.8 Å². The second-order valence-corrected chi connectivity index (χ2v) is 5.35. The van der Waals surface area contributed by atoms with Crippen LogP contribution in [0.25, 0.3) is 0 Å². The summed E-state index contributed by atoms with van der Waals surface area (Å²) in [5.74, 6) is -0.587. The molecule has 0 spiro atoms. The first-order chi connectivity index (χ1) is 10.9. The smallest absolute Gasteiger partial charge is 0.387 e. The van der Waals surface area contributed by atoms with Gasteiger partial charge in [-0.05, 0) is 24.5 Å². The third-order valence-corrected chi connectivity index (χ3v) is 3.70. The minimum absolute atomic E-state index is 0.0932. The Balaban J connectivity index is 1.93. The highest BCUT2D eigenvalue weighted by molar-refractivity contribution is 5.86. The van der Waals surface area contributed by atoms with Crippen LogP contribution in [0.1, 0.15) is 31.2 Å². The summed E-state index contributed by atoms with van der Waals surface area (Å²) < 4.78 is 29.3. The number of primary amides is 1. The van der Waals surface area contributed by atoms with Gasteiger partial charge >= 0.3 is 12.6 Å². The average molecular weight is 327 g/mol. The molecule has 3 amide bonds. The number of nitrogens with two attached hydrogens (primary N) is 1. The number of hydrogen-bond donors (Lipinski definition) is 3. The lowest BCUT2D eigenvalue weighted by Crippen LogP contribution is -2.48. The molecule has 1 aromatic rings. The van der Waals surface area contributed by atoms with Crippen LogP contribution in [0.4, 0.5) is 13.6 Å². The van der Waals surface area contributed by atoms with Crippen molar-refractivity contribution in [2.24, 2.45) is 5.73 Å². The van der Waals surface area contributed by atoms with Crippen LogP contribution >= 0.6 is 0 Å². The van der Waals surface area contributed by atoms with Crippen LogP contribution in [0.3, 0.4) is 0 Å². The number of carbonyl (C=O) groups is 2. The number of hydrogen-bond acceptors (Lipinski definition) is 3. The molecule has 2 rings (SSSR count). The molecule has 1 aliphatic rings. The molecule has 1 aromatic carbocycles. The number of carbonyl (C=O) groups excluding carboxylic acids is 2. The molecule has 0 aromatic heterocycles. The first kappa shape index (κ1) is 17.0. The maximum atomic E-state index is 12.4. The summed E-state index contributed by atoms with van der Waals surface area (Å²) in [6.45, 7) is -1.17. The van der Waals surface area contributed by atoms with Crippen LogP contribution in [-0.2, 0) is 4.79 Å². The van der Waals surface area contributed by atoms with Crippen molar-refractivity contribution in [3.05, 3.63) is 29.8 Å². The van der Waals surface area contributed by atoms with Crippen molar-refractivity contribution in [3.63, 3.8) is 0 Å². The van der Waals surface area contributed by atoms with Gasteiger partial charge in [0.05, 0.1) is 0 Å². The molecule has 0 unspecified atom stereocenters. The van der Waals surface area contributed by atoms with Gasteiger partial charge in [-0.15, -0.1) is 0 Å². The summed E-state index contributed by atoms with van der Waals surface area (Å²) in [7, 11) is 0. The fraction of sp³-hybridized carbons (Fsp3) is 0.467. The van der Waals surface area contributed by atoms with Crippen LogP contribution in [-0.4, -0.2) is 30.6 Å². The van der Waals surface area contributed by atoms with E-state index in [9.17, 15) is 18.4 Å². The minimum Gasteiger partial charge on any atom is -0.435 e. The molecule has 0 bridgehead atoms. The highest BCUT2D eigenvalue weighted by Gasteiger charge is 2.41. The van der Waals surface area contributed by atoms with E-state index >= 15 is 0 Å². The van der Waals surface area contributed by atoms with Crippen molar-refractivity contribution in [2.45, 2.75) is 44.4 Å². The lowest BCUT2D eigenvalue weighted by atomic mass is 10.1. The van der Waals surface area contributed by atoms with E-state index in [1.54, 1.807) is 25.1 Å². The zero-order valence-corrected chi connectivity index (χ0v) is 12.6. The van der Waals surface area contributed by atoms with E-state index in [1.807, 2.05) is 0 Å². The summed E-state index contributed by atoms with van der Waals surface area (Å²) in [6, 6.07) is 5.07. The van der Waals surface area contributed by atoms with E-state index in [1.165, 1.54) is 6.07 Å². The maximum Gasteiger partial charge on any atom is 0.387 e. The van der Waals surface area contributed by atoms with Crippen molar-refractivity contribution in [1.82, 2.24) is 10.6 Å².